The first-order valence-corrected chi connectivity index (χ1v) is 10.7. The first-order chi connectivity index (χ1) is 13.3. The van der Waals surface area contributed by atoms with Crippen LogP contribution in [-0.4, -0.2) is 24.2 Å². The van der Waals surface area contributed by atoms with Crippen molar-refractivity contribution in [2.75, 3.05) is 10.0 Å². The van der Waals surface area contributed by atoms with E-state index in [0.29, 0.717) is 22.0 Å². The number of thiophene rings is 1. The van der Waals surface area contributed by atoms with Gasteiger partial charge in [-0.2, -0.15) is 0 Å². The number of rotatable bonds is 7. The largest absolute Gasteiger partial charge is 0.362 e. The molecule has 2 aromatic heterocycles. The number of hydrogen-bond acceptors (Lipinski definition) is 7. The molecule has 0 atom stereocenters. The van der Waals surface area contributed by atoms with Crippen molar-refractivity contribution >= 4 is 38.8 Å². The van der Waals surface area contributed by atoms with Crippen molar-refractivity contribution in [1.82, 2.24) is 9.97 Å². The second kappa shape index (κ2) is 8.32. The zero-order valence-electron chi connectivity index (χ0n) is 15.2. The minimum atomic E-state index is -3.80. The monoisotopic (exact) mass is 414 g/mol. The minimum absolute atomic E-state index is 0.0368. The summed E-state index contributed by atoms with van der Waals surface area (Å²) in [6.45, 7) is 3.54. The molecule has 3 aromatic rings. The van der Waals surface area contributed by atoms with Gasteiger partial charge in [0.2, 0.25) is 5.95 Å². The van der Waals surface area contributed by atoms with Crippen LogP contribution in [0.15, 0.2) is 65.0 Å². The molecule has 144 valence electrons. The van der Waals surface area contributed by atoms with E-state index in [0.717, 1.165) is 0 Å². The Bertz CT molecular complexity index is 1090. The highest BCUT2D eigenvalue weighted by atomic mass is 32.2. The highest BCUT2D eigenvalue weighted by Crippen LogP contribution is 2.17. The number of carbonyl (C=O) groups is 1. The van der Waals surface area contributed by atoms with Crippen LogP contribution in [0.3, 0.4) is 0 Å². The minimum Gasteiger partial charge on any atom is -0.362 e. The van der Waals surface area contributed by atoms with Crippen molar-refractivity contribution in [1.29, 1.82) is 0 Å². The van der Waals surface area contributed by atoms with Crippen molar-refractivity contribution in [2.24, 2.45) is 0 Å². The molecular formula is C19H18N4O3S2. The Labute approximate surface area is 167 Å². The van der Waals surface area contributed by atoms with Gasteiger partial charge in [-0.05, 0) is 55.6 Å². The highest BCUT2D eigenvalue weighted by molar-refractivity contribution is 7.92. The third kappa shape index (κ3) is 5.02. The number of ketones is 1. The topological polar surface area (TPSA) is 101 Å². The van der Waals surface area contributed by atoms with Crippen LogP contribution in [0.2, 0.25) is 0 Å². The molecule has 0 amide bonds. The fourth-order valence-corrected chi connectivity index (χ4v) is 3.98. The van der Waals surface area contributed by atoms with Crippen molar-refractivity contribution in [3.63, 3.8) is 0 Å². The van der Waals surface area contributed by atoms with Gasteiger partial charge < -0.3 is 5.32 Å². The van der Waals surface area contributed by atoms with E-state index in [1.165, 1.54) is 35.7 Å². The average molecular weight is 415 g/mol. The van der Waals surface area contributed by atoms with Crippen LogP contribution in [-0.2, 0) is 10.0 Å². The summed E-state index contributed by atoms with van der Waals surface area (Å²) in [5.41, 5.74) is 2.00. The summed E-state index contributed by atoms with van der Waals surface area (Å²) in [5, 5.41) is 4.78. The summed E-state index contributed by atoms with van der Waals surface area (Å²) in [5.74, 6) is -0.0610. The second-order valence-electron chi connectivity index (χ2n) is 5.92. The maximum absolute atomic E-state index is 12.5. The van der Waals surface area contributed by atoms with Gasteiger partial charge in [-0.25, -0.2) is 23.1 Å². The van der Waals surface area contributed by atoms with E-state index in [1.54, 1.807) is 38.1 Å². The normalized spacial score (nSPS) is 11.5. The molecule has 0 aliphatic heterocycles. The van der Waals surface area contributed by atoms with Crippen LogP contribution < -0.4 is 10.0 Å². The van der Waals surface area contributed by atoms with Gasteiger partial charge in [-0.1, -0.05) is 6.07 Å². The molecule has 0 aliphatic carbocycles. The number of nitrogens with zero attached hydrogens (tertiary/aromatic N) is 2. The summed E-state index contributed by atoms with van der Waals surface area (Å²) in [6.07, 6.45) is 2.95. The van der Waals surface area contributed by atoms with Crippen LogP contribution in [0.25, 0.3) is 0 Å². The van der Waals surface area contributed by atoms with Gasteiger partial charge in [0.15, 0.2) is 5.78 Å². The SMILES string of the molecule is Cc1cc(C)nc(NS(=O)(=O)c2ccc(N/C=C\C(=O)c3cccs3)cc2)n1. The molecule has 0 radical (unpaired) electrons. The molecule has 0 saturated carbocycles. The zero-order chi connectivity index (χ0) is 20.1. The molecule has 0 aliphatic rings. The molecule has 0 spiro atoms. The molecule has 1 aromatic carbocycles. The Morgan fingerprint density at radius 1 is 1.07 bits per heavy atom. The van der Waals surface area contributed by atoms with Gasteiger partial charge >= 0.3 is 0 Å². The lowest BCUT2D eigenvalue weighted by Gasteiger charge is -2.08. The fraction of sp³-hybridized carbons (Fsp3) is 0.105. The van der Waals surface area contributed by atoms with E-state index in [-0.39, 0.29) is 16.6 Å². The van der Waals surface area contributed by atoms with E-state index in [1.807, 2.05) is 11.4 Å². The third-order valence-electron chi connectivity index (χ3n) is 3.62. The molecule has 0 fully saturated rings. The van der Waals surface area contributed by atoms with E-state index < -0.39 is 10.0 Å². The zero-order valence-corrected chi connectivity index (χ0v) is 16.8. The van der Waals surface area contributed by atoms with Crippen LogP contribution >= 0.6 is 11.3 Å². The molecule has 0 unspecified atom stereocenters. The maximum atomic E-state index is 12.5. The predicted octanol–water partition coefficient (Wildman–Crippen LogP) is 3.76. The maximum Gasteiger partial charge on any atom is 0.264 e. The number of aryl methyl sites for hydroxylation is 2. The van der Waals surface area contributed by atoms with E-state index >= 15 is 0 Å². The van der Waals surface area contributed by atoms with Gasteiger partial charge in [0.05, 0.1) is 9.77 Å². The first kappa shape index (κ1) is 19.7. The van der Waals surface area contributed by atoms with Crippen LogP contribution in [0, 0.1) is 13.8 Å². The molecule has 7 nitrogen and oxygen atoms in total. The van der Waals surface area contributed by atoms with Crippen molar-refractivity contribution in [3.8, 4) is 0 Å². The van der Waals surface area contributed by atoms with Gasteiger partial charge in [0.25, 0.3) is 10.0 Å². The Kier molecular flexibility index (Phi) is 5.86. The van der Waals surface area contributed by atoms with Gasteiger partial charge in [0.1, 0.15) is 0 Å². The fourth-order valence-electron chi connectivity index (χ4n) is 2.40. The number of allylic oxidation sites excluding steroid dienone is 1. The lowest BCUT2D eigenvalue weighted by molar-refractivity contribution is 0.105. The number of carbonyl (C=O) groups excluding carboxylic acids is 1. The van der Waals surface area contributed by atoms with Crippen LogP contribution in [0.1, 0.15) is 21.1 Å². The van der Waals surface area contributed by atoms with E-state index in [9.17, 15) is 13.2 Å². The number of anilines is 2. The van der Waals surface area contributed by atoms with Crippen molar-refractivity contribution in [2.45, 2.75) is 18.7 Å². The van der Waals surface area contributed by atoms with E-state index in [2.05, 4.69) is 20.0 Å². The van der Waals surface area contributed by atoms with Crippen molar-refractivity contribution < 1.29 is 13.2 Å². The Hall–Kier alpha value is -3.04. The molecular weight excluding hydrogens is 396 g/mol. The van der Waals surface area contributed by atoms with Crippen LogP contribution in [0.4, 0.5) is 11.6 Å². The summed E-state index contributed by atoms with van der Waals surface area (Å²) < 4.78 is 27.4. The number of aromatic nitrogens is 2. The lowest BCUT2D eigenvalue weighted by Crippen LogP contribution is -2.15. The number of hydrogen-bond donors (Lipinski definition) is 2. The van der Waals surface area contributed by atoms with Crippen molar-refractivity contribution in [3.05, 3.63) is 76.4 Å². The van der Waals surface area contributed by atoms with E-state index in [4.69, 9.17) is 0 Å². The summed E-state index contributed by atoms with van der Waals surface area (Å²) >= 11 is 1.37. The summed E-state index contributed by atoms with van der Waals surface area (Å²) in [6, 6.07) is 11.5. The van der Waals surface area contributed by atoms with Gasteiger partial charge in [-0.3, -0.25) is 4.79 Å². The molecule has 0 saturated heterocycles. The third-order valence-corrected chi connectivity index (χ3v) is 5.85. The number of nitrogens with one attached hydrogen (secondary N) is 2. The summed E-state index contributed by atoms with van der Waals surface area (Å²) in [7, 11) is -3.80. The van der Waals surface area contributed by atoms with Gasteiger partial charge in [0, 0.05) is 29.4 Å². The predicted molar refractivity (Wildman–Crippen MR) is 110 cm³/mol. The second-order valence-corrected chi connectivity index (χ2v) is 8.55. The smallest absolute Gasteiger partial charge is 0.264 e. The number of benzene rings is 1. The first-order valence-electron chi connectivity index (χ1n) is 8.29. The Balaban J connectivity index is 1.66. The Morgan fingerprint density at radius 3 is 2.36 bits per heavy atom. The number of sulfonamides is 1. The molecule has 3 rings (SSSR count). The van der Waals surface area contributed by atoms with Gasteiger partial charge in [-0.15, -0.1) is 11.3 Å². The highest BCUT2D eigenvalue weighted by Gasteiger charge is 2.16. The Morgan fingerprint density at radius 2 is 1.75 bits per heavy atom. The van der Waals surface area contributed by atoms with Crippen LogP contribution in [0.5, 0.6) is 0 Å². The summed E-state index contributed by atoms with van der Waals surface area (Å²) in [4.78, 5) is 20.8. The molecule has 2 N–H and O–H groups in total. The average Bonchev–Trinajstić information content (AvgIpc) is 3.15. The standard InChI is InChI=1S/C19H18N4O3S2/c1-13-12-14(2)22-19(21-13)23-28(25,26)16-7-5-15(6-8-16)20-10-9-17(24)18-4-3-11-27-18/h3-12,20H,1-2H3,(H,21,22,23)/b10-9-. The molecule has 2 heterocycles. The quantitative estimate of drug-likeness (QED) is 0.451. The molecule has 28 heavy (non-hydrogen) atoms. The molecule has 9 heteroatoms. The lowest BCUT2D eigenvalue weighted by atomic mass is 10.3. The molecule has 0 bridgehead atoms.